The van der Waals surface area contributed by atoms with Gasteiger partial charge < -0.3 is 19.3 Å². The van der Waals surface area contributed by atoms with Crippen molar-refractivity contribution in [1.29, 1.82) is 0 Å². The molecule has 1 unspecified atom stereocenters. The first-order valence-corrected chi connectivity index (χ1v) is 9.21. The van der Waals surface area contributed by atoms with Crippen LogP contribution in [0, 0.1) is 11.3 Å². The Labute approximate surface area is 148 Å². The normalized spacial score (nSPS) is 40.9. The lowest BCUT2D eigenvalue weighted by Gasteiger charge is -2.48. The summed E-state index contributed by atoms with van der Waals surface area (Å²) >= 11 is 0. The first-order chi connectivity index (χ1) is 11.9. The lowest BCUT2D eigenvalue weighted by Crippen LogP contribution is -2.49. The summed E-state index contributed by atoms with van der Waals surface area (Å²) in [5, 5.41) is 10.7. The van der Waals surface area contributed by atoms with E-state index in [2.05, 4.69) is 13.8 Å². The molecule has 5 heteroatoms. The van der Waals surface area contributed by atoms with Crippen LogP contribution in [0.25, 0.3) is 0 Å². The second kappa shape index (κ2) is 6.08. The van der Waals surface area contributed by atoms with Gasteiger partial charge in [-0.2, -0.15) is 0 Å². The molecule has 1 saturated heterocycles. The molecular weight excluding hydrogens is 320 g/mol. The number of rotatable bonds is 2. The fraction of sp³-hybridized carbons (Fsp3) is 0.650. The van der Waals surface area contributed by atoms with Crippen LogP contribution in [-0.2, 0) is 19.0 Å². The molecule has 1 fully saturated rings. The highest BCUT2D eigenvalue weighted by Gasteiger charge is 2.50. The summed E-state index contributed by atoms with van der Waals surface area (Å²) in [6.07, 6.45) is 6.30. The second-order valence-electron chi connectivity index (χ2n) is 7.89. The Bertz CT molecular complexity index is 682. The van der Waals surface area contributed by atoms with Gasteiger partial charge in [0, 0.05) is 23.2 Å². The third-order valence-corrected chi connectivity index (χ3v) is 6.38. The number of carbonyl (C=O) groups is 1. The average Bonchev–Trinajstić information content (AvgIpc) is 2.86. The van der Waals surface area contributed by atoms with E-state index in [9.17, 15) is 9.90 Å². The van der Waals surface area contributed by atoms with Crippen LogP contribution in [0.3, 0.4) is 0 Å². The quantitative estimate of drug-likeness (QED) is 0.779. The molecule has 0 saturated carbocycles. The van der Waals surface area contributed by atoms with Crippen LogP contribution >= 0.6 is 0 Å². The fourth-order valence-corrected chi connectivity index (χ4v) is 4.45. The van der Waals surface area contributed by atoms with Gasteiger partial charge in [0.1, 0.15) is 5.76 Å². The van der Waals surface area contributed by atoms with Crippen molar-refractivity contribution >= 4 is 5.97 Å². The van der Waals surface area contributed by atoms with Crippen molar-refractivity contribution in [2.75, 3.05) is 6.61 Å². The van der Waals surface area contributed by atoms with E-state index in [0.29, 0.717) is 11.3 Å². The average molecular weight is 346 g/mol. The summed E-state index contributed by atoms with van der Waals surface area (Å²) in [5.74, 6) is 0.461. The van der Waals surface area contributed by atoms with Crippen molar-refractivity contribution in [2.24, 2.45) is 11.3 Å². The molecule has 0 bridgehead atoms. The van der Waals surface area contributed by atoms with Crippen LogP contribution in [0.15, 0.2) is 34.6 Å². The molecule has 0 aromatic carbocycles. The van der Waals surface area contributed by atoms with Crippen LogP contribution < -0.4 is 0 Å². The number of allylic oxidation sites excluding steroid dienone is 3. The van der Waals surface area contributed by atoms with Gasteiger partial charge in [0.05, 0.1) is 12.2 Å². The van der Waals surface area contributed by atoms with Gasteiger partial charge in [-0.05, 0) is 56.3 Å². The molecule has 4 aliphatic rings. The zero-order valence-corrected chi connectivity index (χ0v) is 15.1. The molecule has 1 N–H and O–H groups in total. The monoisotopic (exact) mass is 346 g/mol. The Kier molecular flexibility index (Phi) is 4.13. The van der Waals surface area contributed by atoms with E-state index < -0.39 is 6.10 Å². The molecule has 2 aliphatic carbocycles. The number of aliphatic hydroxyl groups is 1. The zero-order valence-electron chi connectivity index (χ0n) is 15.1. The van der Waals surface area contributed by atoms with Crippen LogP contribution in [0.4, 0.5) is 0 Å². The van der Waals surface area contributed by atoms with Crippen LogP contribution in [0.2, 0.25) is 0 Å². The Morgan fingerprint density at radius 2 is 2.16 bits per heavy atom. The second-order valence-corrected chi connectivity index (χ2v) is 7.89. The molecule has 0 amide bonds. The molecule has 0 spiro atoms. The first-order valence-electron chi connectivity index (χ1n) is 9.21. The lowest BCUT2D eigenvalue weighted by atomic mass is 9.60. The molecule has 4 rings (SSSR count). The van der Waals surface area contributed by atoms with Crippen LogP contribution in [-0.4, -0.2) is 36.2 Å². The number of carbonyl (C=O) groups excluding carboxylic acids is 1. The number of ether oxygens (including phenoxy) is 3. The molecule has 5 atom stereocenters. The van der Waals surface area contributed by atoms with E-state index >= 15 is 0 Å². The van der Waals surface area contributed by atoms with E-state index in [4.69, 9.17) is 14.2 Å². The van der Waals surface area contributed by atoms with E-state index in [1.165, 1.54) is 0 Å². The minimum atomic E-state index is -0.691. The van der Waals surface area contributed by atoms with E-state index in [-0.39, 0.29) is 29.7 Å². The largest absolute Gasteiger partial charge is 0.423 e. The maximum atomic E-state index is 11.9. The SMILES string of the molecule is CC1=C2C[C@@]3(C)C(=C[C@H](O)[C@H](OC4CCCCO4)[C@@H]3C)C=C2OC1=O. The minimum Gasteiger partial charge on any atom is -0.423 e. The predicted molar refractivity (Wildman–Crippen MR) is 91.3 cm³/mol. The van der Waals surface area contributed by atoms with Gasteiger partial charge in [-0.3, -0.25) is 0 Å². The number of hydrogen-bond donors (Lipinski definition) is 1. The van der Waals surface area contributed by atoms with Crippen molar-refractivity contribution in [2.45, 2.75) is 65.0 Å². The van der Waals surface area contributed by atoms with Crippen molar-refractivity contribution in [3.8, 4) is 0 Å². The van der Waals surface area contributed by atoms with Crippen molar-refractivity contribution in [3.63, 3.8) is 0 Å². The fourth-order valence-electron chi connectivity index (χ4n) is 4.45. The maximum Gasteiger partial charge on any atom is 0.339 e. The summed E-state index contributed by atoms with van der Waals surface area (Å²) in [4.78, 5) is 11.9. The number of hydrogen-bond acceptors (Lipinski definition) is 5. The van der Waals surface area contributed by atoms with E-state index in [1.807, 2.05) is 19.1 Å². The smallest absolute Gasteiger partial charge is 0.339 e. The topological polar surface area (TPSA) is 65.0 Å². The van der Waals surface area contributed by atoms with Gasteiger partial charge in [0.25, 0.3) is 0 Å². The highest BCUT2D eigenvalue weighted by Crippen LogP contribution is 2.54. The molecule has 136 valence electrons. The van der Waals surface area contributed by atoms with Crippen molar-refractivity contribution in [3.05, 3.63) is 34.6 Å². The van der Waals surface area contributed by atoms with Crippen molar-refractivity contribution < 1.29 is 24.1 Å². The summed E-state index contributed by atoms with van der Waals surface area (Å²) in [7, 11) is 0. The first kappa shape index (κ1) is 17.0. The standard InChI is InChI=1S/C20H26O5/c1-11-14-10-20(3)12(2)18(25-17-6-4-5-7-23-17)15(21)8-13(20)9-16(14)24-19(11)22/h8-9,12,15,17-18,21H,4-7,10H2,1-3H3/t12-,15-,17?,18+,20+/m0/s1. The molecule has 5 nitrogen and oxygen atoms in total. The zero-order chi connectivity index (χ0) is 17.8. The minimum absolute atomic E-state index is 0.0850. The highest BCUT2D eigenvalue weighted by molar-refractivity contribution is 5.94. The van der Waals surface area contributed by atoms with Crippen LogP contribution in [0.1, 0.15) is 46.5 Å². The summed E-state index contributed by atoms with van der Waals surface area (Å²) < 4.78 is 17.3. The summed E-state index contributed by atoms with van der Waals surface area (Å²) in [6.45, 7) is 6.85. The number of esters is 1. The third kappa shape index (κ3) is 2.69. The Morgan fingerprint density at radius 1 is 1.36 bits per heavy atom. The highest BCUT2D eigenvalue weighted by atomic mass is 16.7. The number of fused-ring (bicyclic) bond motifs is 2. The van der Waals surface area contributed by atoms with Crippen LogP contribution in [0.5, 0.6) is 0 Å². The van der Waals surface area contributed by atoms with Gasteiger partial charge >= 0.3 is 5.97 Å². The molecular formula is C20H26O5. The maximum absolute atomic E-state index is 11.9. The Hall–Kier alpha value is -1.43. The molecule has 0 aromatic heterocycles. The lowest BCUT2D eigenvalue weighted by molar-refractivity contribution is -0.222. The Balaban J connectivity index is 1.64. The van der Waals surface area contributed by atoms with Gasteiger partial charge in [0.15, 0.2) is 6.29 Å². The van der Waals surface area contributed by atoms with E-state index in [0.717, 1.165) is 43.4 Å². The predicted octanol–water partition coefficient (Wildman–Crippen LogP) is 3.00. The molecule has 25 heavy (non-hydrogen) atoms. The molecule has 0 aromatic rings. The number of aliphatic hydroxyl groups excluding tert-OH is 1. The van der Waals surface area contributed by atoms with Gasteiger partial charge in [0.2, 0.25) is 0 Å². The van der Waals surface area contributed by atoms with Gasteiger partial charge in [-0.25, -0.2) is 4.79 Å². The van der Waals surface area contributed by atoms with Gasteiger partial charge in [-0.15, -0.1) is 0 Å². The molecule has 2 heterocycles. The summed E-state index contributed by atoms with van der Waals surface area (Å²) in [6, 6.07) is 0. The summed E-state index contributed by atoms with van der Waals surface area (Å²) in [5.41, 5.74) is 2.50. The van der Waals surface area contributed by atoms with Gasteiger partial charge in [-0.1, -0.05) is 13.8 Å². The van der Waals surface area contributed by atoms with Crippen molar-refractivity contribution in [1.82, 2.24) is 0 Å². The molecule has 0 radical (unpaired) electrons. The third-order valence-electron chi connectivity index (χ3n) is 6.38. The molecule has 2 aliphatic heterocycles. The Morgan fingerprint density at radius 3 is 2.88 bits per heavy atom. The van der Waals surface area contributed by atoms with E-state index in [1.54, 1.807) is 0 Å².